The van der Waals surface area contributed by atoms with Crippen LogP contribution in [0.4, 0.5) is 0 Å². The van der Waals surface area contributed by atoms with Crippen LogP contribution in [0, 0.1) is 0 Å². The van der Waals surface area contributed by atoms with Crippen LogP contribution in [-0.2, 0) is 65.4 Å². The molecule has 17 nitrogen and oxygen atoms in total. The summed E-state index contributed by atoms with van der Waals surface area (Å²) in [4.78, 5) is 72.5. The molecule has 0 saturated heterocycles. The Kier molecular flexibility index (Phi) is 65.3. The molecule has 0 aromatic carbocycles. The normalized spacial score (nSPS) is 14.1. The lowest BCUT2D eigenvalue weighted by molar-refractivity contribution is -0.161. The fraction of sp³-hybridized carbons (Fsp3) is 0.890. The van der Waals surface area contributed by atoms with Crippen molar-refractivity contribution in [2.24, 2.45) is 0 Å². The number of phosphoric ester groups is 2. The summed E-state index contributed by atoms with van der Waals surface area (Å²) in [6.07, 6.45) is 59.1. The van der Waals surface area contributed by atoms with Crippen LogP contribution in [0.5, 0.6) is 0 Å². The van der Waals surface area contributed by atoms with Gasteiger partial charge in [0.15, 0.2) is 12.2 Å². The minimum Gasteiger partial charge on any atom is -0.462 e. The van der Waals surface area contributed by atoms with Crippen LogP contribution in [0.15, 0.2) is 24.3 Å². The number of hydrogen-bond donors (Lipinski definition) is 3. The van der Waals surface area contributed by atoms with Crippen molar-refractivity contribution in [3.8, 4) is 0 Å². The van der Waals surface area contributed by atoms with Crippen molar-refractivity contribution in [2.45, 2.75) is 380 Å². The Bertz CT molecular complexity index is 1850. The highest BCUT2D eigenvalue weighted by Gasteiger charge is 2.30. The van der Waals surface area contributed by atoms with Gasteiger partial charge in [-0.25, -0.2) is 9.13 Å². The van der Waals surface area contributed by atoms with E-state index in [0.29, 0.717) is 25.7 Å². The van der Waals surface area contributed by atoms with Crippen molar-refractivity contribution in [2.75, 3.05) is 39.6 Å². The minimum atomic E-state index is -4.96. The number of aliphatic hydroxyl groups is 1. The molecular weight excluding hydrogens is 1210 g/mol. The number of esters is 4. The molecule has 5 atom stereocenters. The Morgan fingerprint density at radius 3 is 0.793 bits per heavy atom. The van der Waals surface area contributed by atoms with Crippen molar-refractivity contribution < 1.29 is 80.2 Å². The van der Waals surface area contributed by atoms with E-state index in [2.05, 4.69) is 52.0 Å². The van der Waals surface area contributed by atoms with Gasteiger partial charge in [-0.2, -0.15) is 0 Å². The number of ether oxygens (including phenoxy) is 4. The predicted octanol–water partition coefficient (Wildman–Crippen LogP) is 21.0. The largest absolute Gasteiger partial charge is 0.472 e. The Hall–Kier alpha value is -2.46. The van der Waals surface area contributed by atoms with Gasteiger partial charge in [-0.1, -0.05) is 309 Å². The van der Waals surface area contributed by atoms with Crippen LogP contribution in [-0.4, -0.2) is 96.7 Å². The quantitative estimate of drug-likeness (QED) is 0.0169. The zero-order chi connectivity index (χ0) is 67.5. The third kappa shape index (κ3) is 66.2. The van der Waals surface area contributed by atoms with Crippen LogP contribution in [0.25, 0.3) is 0 Å². The lowest BCUT2D eigenvalue weighted by Gasteiger charge is -2.21. The second-order valence-electron chi connectivity index (χ2n) is 25.6. The van der Waals surface area contributed by atoms with Gasteiger partial charge in [0.05, 0.1) is 26.4 Å². The second-order valence-corrected chi connectivity index (χ2v) is 28.6. The molecule has 0 aromatic heterocycles. The summed E-state index contributed by atoms with van der Waals surface area (Å²) in [7, 11) is -9.91. The first-order chi connectivity index (χ1) is 44.7. The summed E-state index contributed by atoms with van der Waals surface area (Å²) < 4.78 is 68.2. The molecule has 0 aliphatic carbocycles. The maximum Gasteiger partial charge on any atom is 0.472 e. The van der Waals surface area contributed by atoms with Crippen molar-refractivity contribution in [1.29, 1.82) is 0 Å². The van der Waals surface area contributed by atoms with E-state index in [9.17, 15) is 43.2 Å². The highest BCUT2D eigenvalue weighted by Crippen LogP contribution is 2.45. The third-order valence-electron chi connectivity index (χ3n) is 16.5. The molecular formula is C73H138O17P2. The van der Waals surface area contributed by atoms with E-state index in [1.165, 1.54) is 173 Å². The molecule has 92 heavy (non-hydrogen) atoms. The summed E-state index contributed by atoms with van der Waals surface area (Å²) in [5.74, 6) is -2.15. The molecule has 0 radical (unpaired) electrons. The van der Waals surface area contributed by atoms with Crippen molar-refractivity contribution >= 4 is 39.5 Å². The van der Waals surface area contributed by atoms with E-state index < -0.39 is 97.5 Å². The molecule has 0 saturated carbocycles. The third-order valence-corrected chi connectivity index (χ3v) is 18.4. The lowest BCUT2D eigenvalue weighted by Crippen LogP contribution is -2.30. The number of hydrogen-bond acceptors (Lipinski definition) is 15. The second kappa shape index (κ2) is 67.1. The maximum absolute atomic E-state index is 13.0. The molecule has 0 bridgehead atoms. The maximum atomic E-state index is 13.0. The molecule has 0 fully saturated rings. The first kappa shape index (κ1) is 89.5. The van der Waals surface area contributed by atoms with E-state index in [4.69, 9.17) is 37.0 Å². The Morgan fingerprint density at radius 2 is 0.522 bits per heavy atom. The van der Waals surface area contributed by atoms with Crippen LogP contribution in [0.1, 0.15) is 362 Å². The predicted molar refractivity (Wildman–Crippen MR) is 372 cm³/mol. The molecule has 0 amide bonds. The van der Waals surface area contributed by atoms with Crippen LogP contribution in [0.3, 0.4) is 0 Å². The molecule has 0 aromatic rings. The summed E-state index contributed by atoms with van der Waals surface area (Å²) in [5, 5.41) is 10.6. The Labute approximate surface area is 561 Å². The van der Waals surface area contributed by atoms with Gasteiger partial charge in [0.2, 0.25) is 0 Å². The van der Waals surface area contributed by atoms with Crippen LogP contribution >= 0.6 is 15.6 Å². The smallest absolute Gasteiger partial charge is 0.462 e. The molecule has 0 aliphatic heterocycles. The van der Waals surface area contributed by atoms with Gasteiger partial charge in [-0.3, -0.25) is 37.3 Å². The Morgan fingerprint density at radius 1 is 0.304 bits per heavy atom. The van der Waals surface area contributed by atoms with Crippen molar-refractivity contribution in [3.05, 3.63) is 24.3 Å². The van der Waals surface area contributed by atoms with Gasteiger partial charge >= 0.3 is 39.5 Å². The number of carbonyl (C=O) groups excluding carboxylic acids is 4. The van der Waals surface area contributed by atoms with Gasteiger partial charge in [-0.15, -0.1) is 0 Å². The van der Waals surface area contributed by atoms with Crippen molar-refractivity contribution in [3.63, 3.8) is 0 Å². The summed E-state index contributed by atoms with van der Waals surface area (Å²) >= 11 is 0. The first-order valence-electron chi connectivity index (χ1n) is 37.6. The molecule has 0 heterocycles. The standard InChI is InChI=1S/C73H138O17P2/c1-5-9-13-17-21-25-27-29-31-32-33-34-36-38-40-44-48-52-56-60-73(78)90-69(64-84-71(76)58-54-50-46-43-39-37-35-30-28-26-22-18-14-10-6-2)66-88-92(81,82)86-62-67(74)61-85-91(79,80)87-65-68(89-72(77)59-55-51-47-42-24-20-16-12-8-4)63-83-70(75)57-53-49-45-41-23-19-15-11-7-3/h26,28,30,35,67-69,74H,5-25,27,29,31-34,36-66H2,1-4H3,(H,79,80)(H,81,82)/b28-26-,35-30-/t67-,68+,69+/m0/s1. The van der Waals surface area contributed by atoms with Gasteiger partial charge in [0, 0.05) is 25.7 Å². The highest BCUT2D eigenvalue weighted by atomic mass is 31.2. The fourth-order valence-corrected chi connectivity index (χ4v) is 12.3. The monoisotopic (exact) mass is 1350 g/mol. The average Bonchev–Trinajstić information content (AvgIpc) is 2.21. The van der Waals surface area contributed by atoms with E-state index in [0.717, 1.165) is 109 Å². The van der Waals surface area contributed by atoms with Crippen molar-refractivity contribution in [1.82, 2.24) is 0 Å². The topological polar surface area (TPSA) is 237 Å². The molecule has 2 unspecified atom stereocenters. The molecule has 0 spiro atoms. The molecule has 0 rings (SSSR count). The fourth-order valence-electron chi connectivity index (χ4n) is 10.7. The number of rotatable bonds is 72. The van der Waals surface area contributed by atoms with E-state index >= 15 is 0 Å². The first-order valence-corrected chi connectivity index (χ1v) is 40.6. The SMILES string of the molecule is CCCCCC/C=C\C=C/CCCCCCCC(=O)OC[C@H](COP(=O)(O)OC[C@@H](O)COP(=O)(O)OC[C@@H](COC(=O)CCCCCCCCCCC)OC(=O)CCCCCCCCCCC)OC(=O)CCCCCCCCCCCCCCCCCCCCC. The average molecular weight is 1350 g/mol. The Balaban J connectivity index is 5.22. The van der Waals surface area contributed by atoms with E-state index in [1.54, 1.807) is 0 Å². The molecule has 3 N–H and O–H groups in total. The lowest BCUT2D eigenvalue weighted by atomic mass is 10.0. The van der Waals surface area contributed by atoms with Gasteiger partial charge in [0.1, 0.15) is 19.3 Å². The van der Waals surface area contributed by atoms with E-state index in [-0.39, 0.29) is 25.7 Å². The number of unbranched alkanes of at least 4 members (excludes halogenated alkanes) is 43. The number of carbonyl (C=O) groups is 4. The van der Waals surface area contributed by atoms with Gasteiger partial charge in [0.25, 0.3) is 0 Å². The zero-order valence-electron chi connectivity index (χ0n) is 59.0. The summed E-state index contributed by atoms with van der Waals surface area (Å²) in [6.45, 7) is 4.86. The molecule has 19 heteroatoms. The number of phosphoric acid groups is 2. The van der Waals surface area contributed by atoms with Gasteiger partial charge < -0.3 is 33.8 Å². The highest BCUT2D eigenvalue weighted by molar-refractivity contribution is 7.47. The van der Waals surface area contributed by atoms with Gasteiger partial charge in [-0.05, 0) is 51.4 Å². The van der Waals surface area contributed by atoms with Crippen LogP contribution in [0.2, 0.25) is 0 Å². The van der Waals surface area contributed by atoms with Crippen LogP contribution < -0.4 is 0 Å². The number of allylic oxidation sites excluding steroid dienone is 4. The minimum absolute atomic E-state index is 0.102. The van der Waals surface area contributed by atoms with E-state index in [1.807, 2.05) is 0 Å². The summed E-state index contributed by atoms with van der Waals surface area (Å²) in [5.41, 5.74) is 0. The molecule has 0 aliphatic rings. The molecule has 542 valence electrons. The zero-order valence-corrected chi connectivity index (χ0v) is 60.8. The summed E-state index contributed by atoms with van der Waals surface area (Å²) in [6, 6.07) is 0. The number of aliphatic hydroxyl groups excluding tert-OH is 1.